The lowest BCUT2D eigenvalue weighted by Crippen LogP contribution is -2.32. The van der Waals surface area contributed by atoms with Gasteiger partial charge in [-0.3, -0.25) is 9.59 Å². The average Bonchev–Trinajstić information content (AvgIpc) is 3.06. The minimum absolute atomic E-state index is 0.0242. The third-order valence-electron chi connectivity index (χ3n) is 5.06. The molecule has 7 nitrogen and oxygen atoms in total. The first kappa shape index (κ1) is 23.1. The molecule has 1 amide bonds. The van der Waals surface area contributed by atoms with Crippen LogP contribution in [0.25, 0.3) is 5.76 Å². The van der Waals surface area contributed by atoms with Gasteiger partial charge in [-0.05, 0) is 48.9 Å². The SMILES string of the molecule is C=CCOc1cccc(C2/C(=C(\O)c3ccc(OCC)cc3)C(=O)C(=O)N2CCOC)c1. The fourth-order valence-corrected chi connectivity index (χ4v) is 3.61. The summed E-state index contributed by atoms with van der Waals surface area (Å²) in [6.45, 7) is 6.80. The summed E-state index contributed by atoms with van der Waals surface area (Å²) in [7, 11) is 1.52. The van der Waals surface area contributed by atoms with Crippen LogP contribution in [0.4, 0.5) is 0 Å². The number of hydrogen-bond donors (Lipinski definition) is 1. The van der Waals surface area contributed by atoms with Crippen molar-refractivity contribution in [2.24, 2.45) is 0 Å². The molecule has 0 aliphatic carbocycles. The van der Waals surface area contributed by atoms with Gasteiger partial charge in [0.05, 0.1) is 24.8 Å². The molecule has 1 aliphatic heterocycles. The molecular formula is C25H27NO6. The molecule has 1 aliphatic rings. The maximum Gasteiger partial charge on any atom is 0.295 e. The van der Waals surface area contributed by atoms with E-state index >= 15 is 0 Å². The van der Waals surface area contributed by atoms with Crippen molar-refractivity contribution in [2.45, 2.75) is 13.0 Å². The average molecular weight is 437 g/mol. The molecule has 0 bridgehead atoms. The first-order valence-corrected chi connectivity index (χ1v) is 10.4. The second kappa shape index (κ2) is 10.6. The smallest absolute Gasteiger partial charge is 0.295 e. The minimum Gasteiger partial charge on any atom is -0.507 e. The Balaban J connectivity index is 2.09. The molecule has 1 fully saturated rings. The monoisotopic (exact) mass is 437 g/mol. The van der Waals surface area contributed by atoms with Crippen LogP contribution in [0.15, 0.2) is 66.8 Å². The van der Waals surface area contributed by atoms with Gasteiger partial charge in [0, 0.05) is 19.2 Å². The number of likely N-dealkylation sites (tertiary alicyclic amines) is 1. The van der Waals surface area contributed by atoms with E-state index in [1.165, 1.54) is 12.0 Å². The second-order valence-corrected chi connectivity index (χ2v) is 7.11. The molecule has 0 aromatic heterocycles. The van der Waals surface area contributed by atoms with E-state index in [-0.39, 0.29) is 24.5 Å². The van der Waals surface area contributed by atoms with Gasteiger partial charge < -0.3 is 24.2 Å². The van der Waals surface area contributed by atoms with E-state index in [4.69, 9.17) is 14.2 Å². The van der Waals surface area contributed by atoms with Crippen molar-refractivity contribution in [3.8, 4) is 11.5 Å². The zero-order valence-corrected chi connectivity index (χ0v) is 18.2. The van der Waals surface area contributed by atoms with Crippen LogP contribution in [0, 0.1) is 0 Å². The summed E-state index contributed by atoms with van der Waals surface area (Å²) in [4.78, 5) is 27.2. The van der Waals surface area contributed by atoms with Gasteiger partial charge in [0.15, 0.2) is 0 Å². The number of hydrogen-bond acceptors (Lipinski definition) is 6. The largest absolute Gasteiger partial charge is 0.507 e. The number of carbonyl (C=O) groups excluding carboxylic acids is 2. The summed E-state index contributed by atoms with van der Waals surface area (Å²) in [5.41, 5.74) is 1.09. The number of methoxy groups -OCH3 is 1. The normalized spacial score (nSPS) is 17.4. The number of amides is 1. The van der Waals surface area contributed by atoms with E-state index in [0.717, 1.165) is 0 Å². The van der Waals surface area contributed by atoms with E-state index in [9.17, 15) is 14.7 Å². The van der Waals surface area contributed by atoms with E-state index in [1.54, 1.807) is 54.6 Å². The highest BCUT2D eigenvalue weighted by Crippen LogP contribution is 2.40. The standard InChI is InChI=1S/C25H27NO6/c1-4-14-32-20-8-6-7-18(16-20)22-21(24(28)25(29)26(22)13-15-30-3)23(27)17-9-11-19(12-10-17)31-5-2/h4,6-12,16,22,27H,1,5,13-15H2,2-3H3/b23-21+. The molecule has 0 spiro atoms. The molecular weight excluding hydrogens is 410 g/mol. The molecule has 3 rings (SSSR count). The summed E-state index contributed by atoms with van der Waals surface area (Å²) in [6, 6.07) is 13.1. The molecule has 1 saturated heterocycles. The van der Waals surface area contributed by atoms with E-state index in [1.807, 2.05) is 6.92 Å². The zero-order chi connectivity index (χ0) is 23.1. The Hall–Kier alpha value is -3.58. The summed E-state index contributed by atoms with van der Waals surface area (Å²) in [6.07, 6.45) is 1.63. The number of rotatable bonds is 10. The zero-order valence-electron chi connectivity index (χ0n) is 18.2. The summed E-state index contributed by atoms with van der Waals surface area (Å²) >= 11 is 0. The van der Waals surface area contributed by atoms with Gasteiger partial charge >= 0.3 is 0 Å². The first-order valence-electron chi connectivity index (χ1n) is 10.4. The van der Waals surface area contributed by atoms with Gasteiger partial charge in [-0.1, -0.05) is 24.8 Å². The highest BCUT2D eigenvalue weighted by Gasteiger charge is 2.46. The van der Waals surface area contributed by atoms with Gasteiger partial charge in [0.25, 0.3) is 11.7 Å². The molecule has 168 valence electrons. The van der Waals surface area contributed by atoms with Crippen LogP contribution in [0.3, 0.4) is 0 Å². The quantitative estimate of drug-likeness (QED) is 0.264. The van der Waals surface area contributed by atoms with Crippen LogP contribution in [0.1, 0.15) is 24.1 Å². The van der Waals surface area contributed by atoms with Gasteiger partial charge in [0.1, 0.15) is 23.9 Å². The number of aliphatic hydroxyl groups excluding tert-OH is 1. The highest BCUT2D eigenvalue weighted by molar-refractivity contribution is 6.46. The topological polar surface area (TPSA) is 85.3 Å². The Morgan fingerprint density at radius 2 is 1.88 bits per heavy atom. The third-order valence-corrected chi connectivity index (χ3v) is 5.06. The van der Waals surface area contributed by atoms with Crippen molar-refractivity contribution >= 4 is 17.4 Å². The predicted molar refractivity (Wildman–Crippen MR) is 121 cm³/mol. The van der Waals surface area contributed by atoms with Crippen molar-refractivity contribution in [3.63, 3.8) is 0 Å². The summed E-state index contributed by atoms with van der Waals surface area (Å²) in [5.74, 6) is -0.449. The van der Waals surface area contributed by atoms with E-state index < -0.39 is 17.7 Å². The molecule has 0 saturated carbocycles. The summed E-state index contributed by atoms with van der Waals surface area (Å²) in [5, 5.41) is 11.1. The molecule has 7 heteroatoms. The molecule has 1 heterocycles. The number of ketones is 1. The maximum atomic E-state index is 13.0. The molecule has 1 N–H and O–H groups in total. The van der Waals surface area contributed by atoms with Crippen molar-refractivity contribution < 1.29 is 28.9 Å². The Morgan fingerprint density at radius 3 is 2.53 bits per heavy atom. The van der Waals surface area contributed by atoms with Crippen LogP contribution < -0.4 is 9.47 Å². The van der Waals surface area contributed by atoms with Crippen LogP contribution >= 0.6 is 0 Å². The van der Waals surface area contributed by atoms with E-state index in [2.05, 4.69) is 6.58 Å². The van der Waals surface area contributed by atoms with Gasteiger partial charge in [-0.2, -0.15) is 0 Å². The molecule has 1 unspecified atom stereocenters. The summed E-state index contributed by atoms with van der Waals surface area (Å²) < 4.78 is 16.2. The Bertz CT molecular complexity index is 1010. The van der Waals surface area contributed by atoms with Crippen molar-refractivity contribution in [1.82, 2.24) is 4.90 Å². The Morgan fingerprint density at radius 1 is 1.12 bits per heavy atom. The predicted octanol–water partition coefficient (Wildman–Crippen LogP) is 3.72. The first-order chi connectivity index (χ1) is 15.5. The van der Waals surface area contributed by atoms with Gasteiger partial charge in [0.2, 0.25) is 0 Å². The lowest BCUT2D eigenvalue weighted by molar-refractivity contribution is -0.140. The number of aliphatic hydroxyl groups is 1. The lowest BCUT2D eigenvalue weighted by atomic mass is 9.95. The maximum absolute atomic E-state index is 13.0. The number of Topliss-reactive ketones (excluding diaryl/α,β-unsaturated/α-hetero) is 1. The van der Waals surface area contributed by atoms with Gasteiger partial charge in [-0.25, -0.2) is 0 Å². The molecule has 32 heavy (non-hydrogen) atoms. The van der Waals surface area contributed by atoms with Crippen LogP contribution in [0.5, 0.6) is 11.5 Å². The number of benzene rings is 2. The van der Waals surface area contributed by atoms with Crippen LogP contribution in [0.2, 0.25) is 0 Å². The van der Waals surface area contributed by atoms with Gasteiger partial charge in [-0.15, -0.1) is 0 Å². The lowest BCUT2D eigenvalue weighted by Gasteiger charge is -2.25. The van der Waals surface area contributed by atoms with Crippen LogP contribution in [-0.4, -0.2) is 55.2 Å². The second-order valence-electron chi connectivity index (χ2n) is 7.11. The fourth-order valence-electron chi connectivity index (χ4n) is 3.61. The Kier molecular flexibility index (Phi) is 7.68. The van der Waals surface area contributed by atoms with Crippen molar-refractivity contribution in [2.75, 3.05) is 33.5 Å². The third kappa shape index (κ3) is 4.84. The molecule has 2 aromatic rings. The number of carbonyl (C=O) groups is 2. The molecule has 1 atom stereocenters. The number of ether oxygens (including phenoxy) is 3. The Labute approximate surface area is 187 Å². The van der Waals surface area contributed by atoms with Crippen LogP contribution in [-0.2, 0) is 14.3 Å². The van der Waals surface area contributed by atoms with Crippen molar-refractivity contribution in [3.05, 3.63) is 77.9 Å². The molecule has 2 aromatic carbocycles. The fraction of sp³-hybridized carbons (Fsp3) is 0.280. The minimum atomic E-state index is -0.774. The molecule has 0 radical (unpaired) electrons. The number of nitrogens with zero attached hydrogens (tertiary/aromatic N) is 1. The van der Waals surface area contributed by atoms with Crippen molar-refractivity contribution in [1.29, 1.82) is 0 Å². The highest BCUT2D eigenvalue weighted by atomic mass is 16.5. The van der Waals surface area contributed by atoms with E-state index in [0.29, 0.717) is 35.8 Å².